The van der Waals surface area contributed by atoms with Gasteiger partial charge in [0.25, 0.3) is 0 Å². The summed E-state index contributed by atoms with van der Waals surface area (Å²) in [5, 5.41) is 22.5. The van der Waals surface area contributed by atoms with Gasteiger partial charge in [0.05, 0.1) is 12.4 Å². The van der Waals surface area contributed by atoms with Crippen LogP contribution in [0.1, 0.15) is 6.42 Å². The molecule has 2 heterocycles. The molecule has 86 valence electrons. The Labute approximate surface area is 95.7 Å². The van der Waals surface area contributed by atoms with Gasteiger partial charge < -0.3 is 10.4 Å². The van der Waals surface area contributed by atoms with Gasteiger partial charge >= 0.3 is 5.97 Å². The highest BCUT2D eigenvalue weighted by molar-refractivity contribution is 5.77. The van der Waals surface area contributed by atoms with Gasteiger partial charge in [0.1, 0.15) is 6.04 Å². The molecule has 0 amide bonds. The van der Waals surface area contributed by atoms with Crippen LogP contribution in [0, 0.1) is 12.3 Å². The number of hydrogen-bond donors (Lipinski definition) is 2. The molecule has 1 atom stereocenters. The van der Waals surface area contributed by atoms with Crippen molar-refractivity contribution in [3.8, 4) is 12.3 Å². The summed E-state index contributed by atoms with van der Waals surface area (Å²) in [5.41, 5.74) is 0.417. The van der Waals surface area contributed by atoms with Gasteiger partial charge in [-0.15, -0.1) is 17.4 Å². The molecule has 2 aromatic rings. The first-order valence-corrected chi connectivity index (χ1v) is 4.67. The summed E-state index contributed by atoms with van der Waals surface area (Å²) in [4.78, 5) is 14.8. The molecule has 0 radical (unpaired) electrons. The van der Waals surface area contributed by atoms with Gasteiger partial charge in [-0.1, -0.05) is 0 Å². The van der Waals surface area contributed by atoms with Gasteiger partial charge in [0.2, 0.25) is 0 Å². The van der Waals surface area contributed by atoms with Crippen molar-refractivity contribution in [1.29, 1.82) is 0 Å². The minimum absolute atomic E-state index is 0.0495. The number of carbonyl (C=O) groups is 1. The fourth-order valence-electron chi connectivity index (χ4n) is 1.27. The minimum atomic E-state index is -1.05. The third-order valence-corrected chi connectivity index (χ3v) is 2.05. The molecule has 0 saturated heterocycles. The van der Waals surface area contributed by atoms with E-state index in [1.807, 2.05) is 0 Å². The van der Waals surface area contributed by atoms with Crippen molar-refractivity contribution >= 4 is 17.4 Å². The Morgan fingerprint density at radius 2 is 2.47 bits per heavy atom. The van der Waals surface area contributed by atoms with Crippen LogP contribution in [0.3, 0.4) is 0 Å². The largest absolute Gasteiger partial charge is 0.480 e. The lowest BCUT2D eigenvalue weighted by atomic mass is 10.2. The monoisotopic (exact) mass is 232 g/mol. The summed E-state index contributed by atoms with van der Waals surface area (Å²) in [7, 11) is 0. The van der Waals surface area contributed by atoms with Crippen LogP contribution in [-0.2, 0) is 4.79 Å². The highest BCUT2D eigenvalue weighted by atomic mass is 16.4. The summed E-state index contributed by atoms with van der Waals surface area (Å²) < 4.78 is 1.35. The number of nitrogens with one attached hydrogen (secondary N) is 1. The molecular formula is C9H8N6O2. The second-order valence-corrected chi connectivity index (χ2v) is 3.18. The first kappa shape index (κ1) is 10.8. The lowest BCUT2D eigenvalue weighted by molar-refractivity contribution is -0.137. The summed E-state index contributed by atoms with van der Waals surface area (Å²) in [5.74, 6) is 1.61. The van der Waals surface area contributed by atoms with Gasteiger partial charge in [-0.25, -0.2) is 4.79 Å². The van der Waals surface area contributed by atoms with E-state index in [4.69, 9.17) is 11.5 Å². The number of tetrazole rings is 1. The summed E-state index contributed by atoms with van der Waals surface area (Å²) in [6.07, 6.45) is 8.03. The molecule has 17 heavy (non-hydrogen) atoms. The van der Waals surface area contributed by atoms with E-state index < -0.39 is 12.0 Å². The lowest BCUT2D eigenvalue weighted by Crippen LogP contribution is -2.29. The maximum absolute atomic E-state index is 10.9. The Hall–Kier alpha value is -2.69. The Bertz CT molecular complexity index is 586. The number of fused-ring (bicyclic) bond motifs is 1. The summed E-state index contributed by atoms with van der Waals surface area (Å²) in [6.45, 7) is 0. The Morgan fingerprint density at radius 3 is 3.18 bits per heavy atom. The quantitative estimate of drug-likeness (QED) is 0.678. The third kappa shape index (κ3) is 2.12. The zero-order valence-corrected chi connectivity index (χ0v) is 8.61. The summed E-state index contributed by atoms with van der Waals surface area (Å²) in [6, 6.07) is -0.906. The maximum atomic E-state index is 10.9. The zero-order valence-electron chi connectivity index (χ0n) is 8.61. The molecular weight excluding hydrogens is 224 g/mol. The fraction of sp³-hybridized carbons (Fsp3) is 0.222. The molecule has 2 rings (SSSR count). The molecule has 2 aromatic heterocycles. The predicted octanol–water partition coefficient (Wildman–Crippen LogP) is -0.592. The second kappa shape index (κ2) is 4.44. The Kier molecular flexibility index (Phi) is 2.83. The van der Waals surface area contributed by atoms with Crippen molar-refractivity contribution in [2.75, 3.05) is 5.32 Å². The van der Waals surface area contributed by atoms with E-state index in [-0.39, 0.29) is 6.42 Å². The third-order valence-electron chi connectivity index (χ3n) is 2.05. The number of carboxylic acids is 1. The number of aliphatic carboxylic acids is 1. The van der Waals surface area contributed by atoms with Crippen molar-refractivity contribution in [2.45, 2.75) is 12.5 Å². The Morgan fingerprint density at radius 1 is 1.65 bits per heavy atom. The van der Waals surface area contributed by atoms with E-state index in [0.717, 1.165) is 0 Å². The highest BCUT2D eigenvalue weighted by Crippen LogP contribution is 2.09. The van der Waals surface area contributed by atoms with Gasteiger partial charge in [0, 0.05) is 6.42 Å². The van der Waals surface area contributed by atoms with Gasteiger partial charge in [-0.3, -0.25) is 4.98 Å². The maximum Gasteiger partial charge on any atom is 0.327 e. The highest BCUT2D eigenvalue weighted by Gasteiger charge is 2.17. The van der Waals surface area contributed by atoms with Gasteiger partial charge in [-0.05, 0) is 10.4 Å². The second-order valence-electron chi connectivity index (χ2n) is 3.18. The average molecular weight is 232 g/mol. The molecule has 2 N–H and O–H groups in total. The van der Waals surface area contributed by atoms with Gasteiger partial charge in [0.15, 0.2) is 11.5 Å². The van der Waals surface area contributed by atoms with Crippen LogP contribution in [0.15, 0.2) is 12.4 Å². The molecule has 0 aliphatic carbocycles. The number of anilines is 1. The zero-order chi connectivity index (χ0) is 12.3. The van der Waals surface area contributed by atoms with Crippen molar-refractivity contribution in [1.82, 2.24) is 25.0 Å². The van der Waals surface area contributed by atoms with E-state index in [1.54, 1.807) is 0 Å². The number of terminal acetylenes is 1. The van der Waals surface area contributed by atoms with Crippen LogP contribution in [0.5, 0.6) is 0 Å². The van der Waals surface area contributed by atoms with Crippen LogP contribution in [0.4, 0.5) is 5.82 Å². The molecule has 1 unspecified atom stereocenters. The minimum Gasteiger partial charge on any atom is -0.480 e. The van der Waals surface area contributed by atoms with Crippen LogP contribution in [0.25, 0.3) is 5.65 Å². The number of carboxylic acid groups (broad SMARTS) is 1. The van der Waals surface area contributed by atoms with Crippen LogP contribution in [-0.4, -0.2) is 42.1 Å². The SMILES string of the molecule is C#CCC(Nc1cncc2nnnn12)C(=O)O. The standard InChI is InChI=1S/C9H8N6O2/c1-2-3-6(9(16)17)11-7-4-10-5-8-12-13-14-15(7)8/h1,4-6,11H,3H2,(H,16,17). The van der Waals surface area contributed by atoms with E-state index in [2.05, 4.69) is 31.7 Å². The Balaban J connectivity index is 2.31. The van der Waals surface area contributed by atoms with Crippen LogP contribution in [0.2, 0.25) is 0 Å². The molecule has 0 fully saturated rings. The first-order chi connectivity index (χ1) is 8.22. The normalized spacial score (nSPS) is 11.9. The molecule has 0 aromatic carbocycles. The molecule has 0 aliphatic rings. The van der Waals surface area contributed by atoms with E-state index >= 15 is 0 Å². The fourth-order valence-corrected chi connectivity index (χ4v) is 1.27. The smallest absolute Gasteiger partial charge is 0.327 e. The first-order valence-electron chi connectivity index (χ1n) is 4.67. The van der Waals surface area contributed by atoms with Crippen LogP contribution < -0.4 is 5.32 Å². The van der Waals surface area contributed by atoms with Crippen LogP contribution >= 0.6 is 0 Å². The van der Waals surface area contributed by atoms with Crippen molar-refractivity contribution in [3.63, 3.8) is 0 Å². The predicted molar refractivity (Wildman–Crippen MR) is 57.1 cm³/mol. The van der Waals surface area contributed by atoms with Crippen molar-refractivity contribution in [2.24, 2.45) is 0 Å². The molecule has 0 saturated carbocycles. The molecule has 0 aliphatic heterocycles. The number of nitrogens with zero attached hydrogens (tertiary/aromatic N) is 5. The molecule has 8 heteroatoms. The average Bonchev–Trinajstić information content (AvgIpc) is 2.77. The summed E-state index contributed by atoms with van der Waals surface area (Å²) >= 11 is 0. The van der Waals surface area contributed by atoms with Gasteiger partial charge in [-0.2, -0.15) is 4.52 Å². The van der Waals surface area contributed by atoms with E-state index in [1.165, 1.54) is 16.9 Å². The molecule has 0 bridgehead atoms. The lowest BCUT2D eigenvalue weighted by Gasteiger charge is -2.12. The molecule has 0 spiro atoms. The van der Waals surface area contributed by atoms with Crippen molar-refractivity contribution in [3.05, 3.63) is 12.4 Å². The van der Waals surface area contributed by atoms with Crippen molar-refractivity contribution < 1.29 is 9.90 Å². The number of rotatable bonds is 4. The van der Waals surface area contributed by atoms with E-state index in [0.29, 0.717) is 11.5 Å². The molecule has 8 nitrogen and oxygen atoms in total. The number of hydrogen-bond acceptors (Lipinski definition) is 6. The number of aromatic nitrogens is 5. The van der Waals surface area contributed by atoms with E-state index in [9.17, 15) is 4.79 Å². The topological polar surface area (TPSA) is 105 Å².